The van der Waals surface area contributed by atoms with Crippen molar-refractivity contribution < 1.29 is 4.74 Å². The Morgan fingerprint density at radius 3 is 1.43 bits per heavy atom. The van der Waals surface area contributed by atoms with Crippen molar-refractivity contribution in [2.75, 3.05) is 0 Å². The summed E-state index contributed by atoms with van der Waals surface area (Å²) in [6, 6.07) is 66.5. The van der Waals surface area contributed by atoms with Crippen molar-refractivity contribution in [1.29, 1.82) is 0 Å². The Bertz CT molecular complexity index is 2820. The number of fused-ring (bicyclic) bond motifs is 9. The lowest BCUT2D eigenvalue weighted by Gasteiger charge is -2.40. The number of aromatic nitrogens is 3. The van der Waals surface area contributed by atoms with Crippen LogP contribution in [0.4, 0.5) is 0 Å². The summed E-state index contributed by atoms with van der Waals surface area (Å²) in [5.74, 6) is 2.38. The van der Waals surface area contributed by atoms with Gasteiger partial charge in [0.1, 0.15) is 11.5 Å². The van der Waals surface area contributed by atoms with Crippen LogP contribution >= 0.6 is 0 Å². The summed E-state index contributed by atoms with van der Waals surface area (Å²) in [6.07, 6.45) is 3.67. The maximum atomic E-state index is 6.90. The Kier molecular flexibility index (Phi) is 7.36. The highest BCUT2D eigenvalue weighted by molar-refractivity contribution is 5.90. The first-order valence-corrected chi connectivity index (χ1v) is 18.9. The number of ether oxygens (including phenoxy) is 1. The number of hydrogen-bond acceptors (Lipinski definition) is 4. The Hall–Kier alpha value is -7.43. The van der Waals surface area contributed by atoms with Crippen molar-refractivity contribution in [2.24, 2.45) is 0 Å². The van der Waals surface area contributed by atoms with Crippen molar-refractivity contribution in [1.82, 2.24) is 15.0 Å². The van der Waals surface area contributed by atoms with Gasteiger partial charge < -0.3 is 4.74 Å². The molecule has 1 aliphatic heterocycles. The van der Waals surface area contributed by atoms with Gasteiger partial charge in [0, 0.05) is 40.2 Å². The quantitative estimate of drug-likeness (QED) is 0.178. The number of benzene rings is 7. The van der Waals surface area contributed by atoms with E-state index in [1.54, 1.807) is 0 Å². The highest BCUT2D eigenvalue weighted by Gasteiger charge is 2.51. The summed E-state index contributed by atoms with van der Waals surface area (Å²) in [6.45, 7) is 0. The molecule has 1 aliphatic carbocycles. The molecule has 3 heterocycles. The average molecular weight is 716 g/mol. The molecule has 0 bridgehead atoms. The molecule has 0 radical (unpaired) electrons. The second-order valence-corrected chi connectivity index (χ2v) is 14.4. The molecule has 0 saturated carbocycles. The fraction of sp³-hybridized carbons (Fsp3) is 0.0192. The molecule has 4 nitrogen and oxygen atoms in total. The van der Waals surface area contributed by atoms with Gasteiger partial charge in [-0.25, -0.2) is 9.97 Å². The van der Waals surface area contributed by atoms with E-state index in [9.17, 15) is 0 Å². The zero-order valence-electron chi connectivity index (χ0n) is 30.3. The zero-order valence-corrected chi connectivity index (χ0v) is 30.3. The van der Waals surface area contributed by atoms with Gasteiger partial charge in [0.15, 0.2) is 5.82 Å². The van der Waals surface area contributed by atoms with E-state index >= 15 is 0 Å². The summed E-state index contributed by atoms with van der Waals surface area (Å²) in [5.41, 5.74) is 15.8. The lowest BCUT2D eigenvalue weighted by Crippen LogP contribution is -2.32. The van der Waals surface area contributed by atoms with Crippen LogP contribution in [0.3, 0.4) is 0 Å². The molecule has 0 saturated heterocycles. The number of nitrogens with zero attached hydrogens (tertiary/aromatic N) is 3. The highest BCUT2D eigenvalue weighted by Crippen LogP contribution is 2.62. The van der Waals surface area contributed by atoms with Crippen LogP contribution in [0.2, 0.25) is 0 Å². The van der Waals surface area contributed by atoms with Crippen molar-refractivity contribution in [3.63, 3.8) is 0 Å². The Balaban J connectivity index is 1.13. The third-order valence-electron chi connectivity index (χ3n) is 11.3. The first-order valence-electron chi connectivity index (χ1n) is 18.9. The number of hydrogen-bond donors (Lipinski definition) is 0. The van der Waals surface area contributed by atoms with E-state index in [0.29, 0.717) is 5.82 Å². The van der Waals surface area contributed by atoms with Crippen molar-refractivity contribution in [3.8, 4) is 78.8 Å². The Labute approximate surface area is 325 Å². The monoisotopic (exact) mass is 715 g/mol. The number of pyridine rings is 1. The lowest BCUT2D eigenvalue weighted by molar-refractivity contribution is 0.436. The van der Waals surface area contributed by atoms with Crippen molar-refractivity contribution in [2.45, 2.75) is 5.41 Å². The molecule has 0 atom stereocenters. The predicted molar refractivity (Wildman–Crippen MR) is 224 cm³/mol. The smallest absolute Gasteiger partial charge is 0.160 e. The van der Waals surface area contributed by atoms with Gasteiger partial charge in [0.05, 0.1) is 16.8 Å². The average Bonchev–Trinajstić information content (AvgIpc) is 3.58. The van der Waals surface area contributed by atoms with Crippen LogP contribution in [0.15, 0.2) is 200 Å². The Morgan fingerprint density at radius 2 is 0.804 bits per heavy atom. The van der Waals surface area contributed by atoms with Crippen LogP contribution in [0.1, 0.15) is 22.3 Å². The Morgan fingerprint density at radius 1 is 0.339 bits per heavy atom. The molecule has 2 aliphatic rings. The van der Waals surface area contributed by atoms with Crippen molar-refractivity contribution >= 4 is 0 Å². The summed E-state index contributed by atoms with van der Waals surface area (Å²) >= 11 is 0. The largest absolute Gasteiger partial charge is 0.457 e. The SMILES string of the molecule is c1ccc(-c2cc(-c3ccc4c(c3)C3(c5cc(-c6ccc(-c7ccncc7)cc6)ccc5O4)c4ccccc4-c4ccccc43)nc(-c3ccccc3)n2)cc1. The minimum Gasteiger partial charge on any atom is -0.457 e. The minimum absolute atomic E-state index is 0.642. The lowest BCUT2D eigenvalue weighted by atomic mass is 9.65. The molecule has 9 aromatic rings. The maximum Gasteiger partial charge on any atom is 0.160 e. The standard InChI is InChI=1S/C52H33N3O/c1-3-11-37(12-4-1)47-33-48(55-51(54-47)38-13-5-2-6-14-38)40-24-26-50-46(32-40)52(43-17-9-7-15-41(43)42-16-8-10-18-44(42)52)45-31-39(23-25-49(45)56-50)35-21-19-34(20-22-35)36-27-29-53-30-28-36/h1-33H. The van der Waals surface area contributed by atoms with Crippen LogP contribution < -0.4 is 4.74 Å². The van der Waals surface area contributed by atoms with Gasteiger partial charge in [-0.2, -0.15) is 0 Å². The topological polar surface area (TPSA) is 47.9 Å². The summed E-state index contributed by atoms with van der Waals surface area (Å²) in [5, 5.41) is 0. The molecule has 7 aromatic carbocycles. The second kappa shape index (κ2) is 12.9. The van der Waals surface area contributed by atoms with E-state index in [2.05, 4.69) is 157 Å². The summed E-state index contributed by atoms with van der Waals surface area (Å²) < 4.78 is 6.90. The van der Waals surface area contributed by atoms with Crippen LogP contribution in [0, 0.1) is 0 Å². The van der Waals surface area contributed by atoms with Crippen molar-refractivity contribution in [3.05, 3.63) is 223 Å². The summed E-state index contributed by atoms with van der Waals surface area (Å²) in [4.78, 5) is 14.5. The van der Waals surface area contributed by atoms with Crippen LogP contribution in [0.5, 0.6) is 11.5 Å². The molecule has 56 heavy (non-hydrogen) atoms. The molecule has 0 fully saturated rings. The fourth-order valence-electron chi connectivity index (χ4n) is 8.71. The molecular weight excluding hydrogens is 683 g/mol. The molecule has 262 valence electrons. The van der Waals surface area contributed by atoms with Gasteiger partial charge in [-0.05, 0) is 93.0 Å². The molecule has 0 N–H and O–H groups in total. The normalized spacial score (nSPS) is 12.9. The third-order valence-corrected chi connectivity index (χ3v) is 11.3. The van der Waals surface area contributed by atoms with E-state index in [0.717, 1.165) is 73.0 Å². The van der Waals surface area contributed by atoms with Gasteiger partial charge in [0.2, 0.25) is 0 Å². The van der Waals surface area contributed by atoms with Gasteiger partial charge in [-0.3, -0.25) is 4.98 Å². The van der Waals surface area contributed by atoms with Crippen LogP contribution in [-0.4, -0.2) is 15.0 Å². The third kappa shape index (κ3) is 5.04. The zero-order chi connectivity index (χ0) is 37.1. The molecule has 0 amide bonds. The van der Waals surface area contributed by atoms with Gasteiger partial charge in [-0.15, -0.1) is 0 Å². The molecule has 0 unspecified atom stereocenters. The van der Waals surface area contributed by atoms with Crippen LogP contribution in [0.25, 0.3) is 67.3 Å². The van der Waals surface area contributed by atoms with Gasteiger partial charge in [0.25, 0.3) is 0 Å². The first kappa shape index (κ1) is 32.0. The molecule has 4 heteroatoms. The van der Waals surface area contributed by atoms with E-state index in [1.807, 2.05) is 48.8 Å². The number of rotatable bonds is 5. The molecule has 2 aromatic heterocycles. The molecule has 1 spiro atoms. The minimum atomic E-state index is -0.642. The van der Waals surface area contributed by atoms with Gasteiger partial charge >= 0.3 is 0 Å². The van der Waals surface area contributed by atoms with Gasteiger partial charge in [-0.1, -0.05) is 140 Å². The van der Waals surface area contributed by atoms with E-state index in [1.165, 1.54) is 22.3 Å². The highest BCUT2D eigenvalue weighted by atomic mass is 16.5. The molecule has 11 rings (SSSR count). The maximum absolute atomic E-state index is 6.90. The first-order chi connectivity index (χ1) is 27.7. The van der Waals surface area contributed by atoms with Crippen LogP contribution in [-0.2, 0) is 5.41 Å². The van der Waals surface area contributed by atoms with E-state index in [4.69, 9.17) is 14.7 Å². The summed E-state index contributed by atoms with van der Waals surface area (Å²) in [7, 11) is 0. The predicted octanol–water partition coefficient (Wildman–Crippen LogP) is 12.7. The fourth-order valence-corrected chi connectivity index (χ4v) is 8.71. The second-order valence-electron chi connectivity index (χ2n) is 14.4. The van der Waals surface area contributed by atoms with E-state index in [-0.39, 0.29) is 0 Å². The molecular formula is C52H33N3O. The van der Waals surface area contributed by atoms with E-state index < -0.39 is 5.41 Å².